The maximum Gasteiger partial charge on any atom is 0.313 e. The van der Waals surface area contributed by atoms with Gasteiger partial charge in [-0.1, -0.05) is 0 Å². The molecule has 0 spiro atoms. The zero-order chi connectivity index (χ0) is 8.97. The van der Waals surface area contributed by atoms with E-state index in [0.29, 0.717) is 5.82 Å². The van der Waals surface area contributed by atoms with Crippen LogP contribution in [0, 0.1) is 0 Å². The highest BCUT2D eigenvalue weighted by atomic mass is 16.5. The Morgan fingerprint density at radius 2 is 2.17 bits per heavy atom. The van der Waals surface area contributed by atoms with Crippen molar-refractivity contribution < 1.29 is 14.6 Å². The van der Waals surface area contributed by atoms with Gasteiger partial charge < -0.3 is 9.84 Å². The van der Waals surface area contributed by atoms with Gasteiger partial charge in [-0.15, -0.1) is 0 Å². The summed E-state index contributed by atoms with van der Waals surface area (Å²) in [5.41, 5.74) is 0. The number of nitrogens with zero attached hydrogens (tertiary/aromatic N) is 2. The Labute approximate surface area is 69.0 Å². The Bertz CT molecular complexity index is 270. The van der Waals surface area contributed by atoms with Gasteiger partial charge in [0.2, 0.25) is 0 Å². The highest BCUT2D eigenvalue weighted by molar-refractivity contribution is 5.71. The van der Waals surface area contributed by atoms with Crippen molar-refractivity contribution in [2.75, 3.05) is 7.11 Å². The molecule has 0 aliphatic carbocycles. The molecule has 0 amide bonds. The second kappa shape index (κ2) is 3.66. The molecule has 0 saturated heterocycles. The van der Waals surface area contributed by atoms with Gasteiger partial charge in [-0.05, 0) is 0 Å². The molecule has 1 aromatic rings. The largest absolute Gasteiger partial charge is 0.505 e. The molecule has 0 radical (unpaired) electrons. The van der Waals surface area contributed by atoms with Gasteiger partial charge in [0, 0.05) is 0 Å². The Balaban J connectivity index is 2.64. The van der Waals surface area contributed by atoms with Crippen LogP contribution >= 0.6 is 0 Å². The van der Waals surface area contributed by atoms with Gasteiger partial charge in [0.05, 0.1) is 19.5 Å². The molecule has 0 bridgehead atoms. The summed E-state index contributed by atoms with van der Waals surface area (Å²) in [6, 6.07) is 0. The number of hydrogen-bond donors (Lipinski definition) is 1. The molecule has 5 nitrogen and oxygen atoms in total. The first kappa shape index (κ1) is 8.45. The van der Waals surface area contributed by atoms with Gasteiger partial charge in [-0.3, -0.25) is 4.79 Å². The molecule has 1 heterocycles. The summed E-state index contributed by atoms with van der Waals surface area (Å²) in [4.78, 5) is 18.1. The fourth-order valence-electron chi connectivity index (χ4n) is 0.641. The third-order valence-corrected chi connectivity index (χ3v) is 1.22. The van der Waals surface area contributed by atoms with Gasteiger partial charge in [0.1, 0.15) is 12.2 Å². The summed E-state index contributed by atoms with van der Waals surface area (Å²) in [5, 5.41) is 8.81. The number of rotatable bonds is 2. The lowest BCUT2D eigenvalue weighted by molar-refractivity contribution is -0.139. The molecule has 0 fully saturated rings. The van der Waals surface area contributed by atoms with Gasteiger partial charge >= 0.3 is 5.97 Å². The lowest BCUT2D eigenvalue weighted by Gasteiger charge is -1.97. The highest BCUT2D eigenvalue weighted by Crippen LogP contribution is 2.02. The third-order valence-electron chi connectivity index (χ3n) is 1.22. The SMILES string of the molecule is COC(=O)Cc1ncc(O)cn1. The van der Waals surface area contributed by atoms with Crippen molar-refractivity contribution in [1.82, 2.24) is 9.97 Å². The van der Waals surface area contributed by atoms with Gasteiger partial charge in [0.15, 0.2) is 5.75 Å². The molecular weight excluding hydrogens is 160 g/mol. The van der Waals surface area contributed by atoms with Gasteiger partial charge in [0.25, 0.3) is 0 Å². The van der Waals surface area contributed by atoms with Crippen LogP contribution in [0.1, 0.15) is 5.82 Å². The van der Waals surface area contributed by atoms with Crippen molar-refractivity contribution >= 4 is 5.97 Å². The zero-order valence-electron chi connectivity index (χ0n) is 6.52. The van der Waals surface area contributed by atoms with E-state index < -0.39 is 5.97 Å². The summed E-state index contributed by atoms with van der Waals surface area (Å²) in [6.45, 7) is 0. The van der Waals surface area contributed by atoms with Crippen molar-refractivity contribution in [3.8, 4) is 5.75 Å². The van der Waals surface area contributed by atoms with Crippen LogP contribution in [0.3, 0.4) is 0 Å². The summed E-state index contributed by atoms with van der Waals surface area (Å²) in [6.07, 6.45) is 2.48. The number of carbonyl (C=O) groups excluding carboxylic acids is 1. The molecule has 0 atom stereocenters. The molecular formula is C7H8N2O3. The molecule has 0 saturated carbocycles. The normalized spacial score (nSPS) is 9.42. The molecule has 5 heteroatoms. The molecule has 64 valence electrons. The van der Waals surface area contributed by atoms with Crippen LogP contribution in [0.4, 0.5) is 0 Å². The molecule has 0 aromatic carbocycles. The molecule has 1 rings (SSSR count). The van der Waals surface area contributed by atoms with Crippen LogP contribution in [0.5, 0.6) is 5.75 Å². The van der Waals surface area contributed by atoms with E-state index in [2.05, 4.69) is 14.7 Å². The quantitative estimate of drug-likeness (QED) is 0.624. The zero-order valence-corrected chi connectivity index (χ0v) is 6.52. The molecule has 12 heavy (non-hydrogen) atoms. The van der Waals surface area contributed by atoms with Gasteiger partial charge in [-0.25, -0.2) is 9.97 Å². The van der Waals surface area contributed by atoms with E-state index in [0.717, 1.165) is 0 Å². The first-order valence-corrected chi connectivity index (χ1v) is 3.29. The number of methoxy groups -OCH3 is 1. The minimum atomic E-state index is -0.402. The van der Waals surface area contributed by atoms with Crippen molar-refractivity contribution in [3.63, 3.8) is 0 Å². The van der Waals surface area contributed by atoms with Crippen molar-refractivity contribution in [2.24, 2.45) is 0 Å². The number of ether oxygens (including phenoxy) is 1. The fraction of sp³-hybridized carbons (Fsp3) is 0.286. The molecule has 0 unspecified atom stereocenters. The molecule has 0 aliphatic heterocycles. The maximum atomic E-state index is 10.7. The van der Waals surface area contributed by atoms with Crippen LogP contribution in [-0.2, 0) is 16.0 Å². The first-order valence-electron chi connectivity index (χ1n) is 3.29. The second-order valence-electron chi connectivity index (χ2n) is 2.11. The van der Waals surface area contributed by atoms with Crippen LogP contribution in [0.2, 0.25) is 0 Å². The standard InChI is InChI=1S/C7H8N2O3/c1-12-7(11)2-6-8-3-5(10)4-9-6/h3-4,10H,2H2,1H3. The molecule has 0 aliphatic rings. The molecule has 1 N–H and O–H groups in total. The molecule has 1 aromatic heterocycles. The van der Waals surface area contributed by atoms with E-state index in [1.54, 1.807) is 0 Å². The summed E-state index contributed by atoms with van der Waals surface area (Å²) >= 11 is 0. The van der Waals surface area contributed by atoms with Gasteiger partial charge in [-0.2, -0.15) is 0 Å². The minimum Gasteiger partial charge on any atom is -0.505 e. The summed E-state index contributed by atoms with van der Waals surface area (Å²) < 4.78 is 4.40. The number of carbonyl (C=O) groups is 1. The average molecular weight is 168 g/mol. The average Bonchev–Trinajstić information content (AvgIpc) is 2.09. The summed E-state index contributed by atoms with van der Waals surface area (Å²) in [5.74, 6) is -0.0936. The van der Waals surface area contributed by atoms with Crippen LogP contribution in [0.15, 0.2) is 12.4 Å². The predicted octanol–water partition coefficient (Wildman–Crippen LogP) is -0.102. The Hall–Kier alpha value is -1.65. The Kier molecular flexibility index (Phi) is 2.57. The van der Waals surface area contributed by atoms with E-state index in [4.69, 9.17) is 5.11 Å². The lowest BCUT2D eigenvalue weighted by Crippen LogP contribution is -2.07. The third kappa shape index (κ3) is 2.19. The maximum absolute atomic E-state index is 10.7. The summed E-state index contributed by atoms with van der Waals surface area (Å²) in [7, 11) is 1.29. The monoisotopic (exact) mass is 168 g/mol. The number of aromatic nitrogens is 2. The van der Waals surface area contributed by atoms with E-state index in [1.165, 1.54) is 19.5 Å². The van der Waals surface area contributed by atoms with Crippen LogP contribution in [-0.4, -0.2) is 28.2 Å². The number of aromatic hydroxyl groups is 1. The highest BCUT2D eigenvalue weighted by Gasteiger charge is 2.04. The van der Waals surface area contributed by atoms with Crippen molar-refractivity contribution in [2.45, 2.75) is 6.42 Å². The Morgan fingerprint density at radius 3 is 2.67 bits per heavy atom. The predicted molar refractivity (Wildman–Crippen MR) is 39.4 cm³/mol. The number of esters is 1. The van der Waals surface area contributed by atoms with Crippen LogP contribution in [0.25, 0.3) is 0 Å². The van der Waals surface area contributed by atoms with E-state index in [9.17, 15) is 4.79 Å². The minimum absolute atomic E-state index is 0.0244. The number of hydrogen-bond acceptors (Lipinski definition) is 5. The van der Waals surface area contributed by atoms with Crippen LogP contribution < -0.4 is 0 Å². The van der Waals surface area contributed by atoms with E-state index >= 15 is 0 Å². The van der Waals surface area contributed by atoms with E-state index in [1.807, 2.05) is 0 Å². The van der Waals surface area contributed by atoms with E-state index in [-0.39, 0.29) is 12.2 Å². The second-order valence-corrected chi connectivity index (χ2v) is 2.11. The first-order chi connectivity index (χ1) is 5.72. The van der Waals surface area contributed by atoms with Crippen molar-refractivity contribution in [3.05, 3.63) is 18.2 Å². The lowest BCUT2D eigenvalue weighted by atomic mass is 10.4. The fourth-order valence-corrected chi connectivity index (χ4v) is 0.641. The Morgan fingerprint density at radius 1 is 1.58 bits per heavy atom. The smallest absolute Gasteiger partial charge is 0.313 e. The van der Waals surface area contributed by atoms with Crippen molar-refractivity contribution in [1.29, 1.82) is 0 Å². The topological polar surface area (TPSA) is 72.3 Å².